The SMILES string of the molecule is Cc1ccc(S(=O)c2ccn3nncc3c2)cc1. The Labute approximate surface area is 107 Å². The third kappa shape index (κ3) is 1.93. The van der Waals surface area contributed by atoms with Gasteiger partial charge in [-0.3, -0.25) is 0 Å². The van der Waals surface area contributed by atoms with Crippen LogP contribution in [0.2, 0.25) is 0 Å². The van der Waals surface area contributed by atoms with Crippen molar-refractivity contribution < 1.29 is 4.21 Å². The molecule has 0 aliphatic rings. The Balaban J connectivity index is 2.03. The Kier molecular flexibility index (Phi) is 2.68. The molecule has 0 aliphatic heterocycles. The highest BCUT2D eigenvalue weighted by Crippen LogP contribution is 2.17. The van der Waals surface area contributed by atoms with Crippen molar-refractivity contribution in [2.24, 2.45) is 0 Å². The normalized spacial score (nSPS) is 12.7. The summed E-state index contributed by atoms with van der Waals surface area (Å²) in [7, 11) is -1.16. The van der Waals surface area contributed by atoms with Gasteiger partial charge in [-0.25, -0.2) is 8.72 Å². The summed E-state index contributed by atoms with van der Waals surface area (Å²) in [6.07, 6.45) is 3.42. The molecule has 0 N–H and O–H groups in total. The van der Waals surface area contributed by atoms with Crippen LogP contribution in [0.5, 0.6) is 0 Å². The molecule has 0 aliphatic carbocycles. The van der Waals surface area contributed by atoms with E-state index in [1.54, 1.807) is 23.0 Å². The van der Waals surface area contributed by atoms with Crippen molar-refractivity contribution in [1.29, 1.82) is 0 Å². The monoisotopic (exact) mass is 257 g/mol. The summed E-state index contributed by atoms with van der Waals surface area (Å²) in [5, 5.41) is 7.67. The molecule has 4 nitrogen and oxygen atoms in total. The van der Waals surface area contributed by atoms with Crippen molar-refractivity contribution in [3.05, 3.63) is 54.4 Å². The highest BCUT2D eigenvalue weighted by Gasteiger charge is 2.08. The Hall–Kier alpha value is -2.01. The van der Waals surface area contributed by atoms with E-state index >= 15 is 0 Å². The van der Waals surface area contributed by atoms with Gasteiger partial charge in [0.2, 0.25) is 0 Å². The Morgan fingerprint density at radius 3 is 2.67 bits per heavy atom. The molecule has 0 amide bonds. The van der Waals surface area contributed by atoms with Gasteiger partial charge in [0.05, 0.1) is 22.5 Å². The van der Waals surface area contributed by atoms with Crippen molar-refractivity contribution in [3.8, 4) is 0 Å². The van der Waals surface area contributed by atoms with E-state index in [1.165, 1.54) is 0 Å². The van der Waals surface area contributed by atoms with E-state index in [-0.39, 0.29) is 0 Å². The third-order valence-corrected chi connectivity index (χ3v) is 4.10. The zero-order valence-corrected chi connectivity index (χ0v) is 10.6. The van der Waals surface area contributed by atoms with Crippen molar-refractivity contribution >= 4 is 16.3 Å². The molecule has 3 aromatic rings. The molecule has 0 saturated heterocycles. The lowest BCUT2D eigenvalue weighted by Gasteiger charge is -2.03. The van der Waals surface area contributed by atoms with Crippen LogP contribution in [0.15, 0.2) is 58.6 Å². The molecule has 90 valence electrons. The first-order chi connectivity index (χ1) is 8.74. The molecule has 1 unspecified atom stereocenters. The largest absolute Gasteiger partial charge is 0.249 e. The summed E-state index contributed by atoms with van der Waals surface area (Å²) >= 11 is 0. The molecule has 0 bridgehead atoms. The summed E-state index contributed by atoms with van der Waals surface area (Å²) in [6.45, 7) is 2.01. The fourth-order valence-corrected chi connectivity index (χ4v) is 2.79. The first-order valence-corrected chi connectivity index (χ1v) is 6.67. The van der Waals surface area contributed by atoms with Gasteiger partial charge in [0.25, 0.3) is 0 Å². The second-order valence-corrected chi connectivity index (χ2v) is 5.53. The third-order valence-electron chi connectivity index (χ3n) is 2.72. The molecule has 0 radical (unpaired) electrons. The number of hydrogen-bond donors (Lipinski definition) is 0. The average molecular weight is 257 g/mol. The van der Waals surface area contributed by atoms with Gasteiger partial charge in [0.1, 0.15) is 0 Å². The van der Waals surface area contributed by atoms with Crippen LogP contribution in [-0.2, 0) is 10.8 Å². The summed E-state index contributed by atoms with van der Waals surface area (Å²) in [5.41, 5.74) is 2.00. The molecule has 0 fully saturated rings. The van der Waals surface area contributed by atoms with E-state index in [4.69, 9.17) is 0 Å². The van der Waals surface area contributed by atoms with Gasteiger partial charge in [0.15, 0.2) is 0 Å². The maximum Gasteiger partial charge on any atom is 0.0877 e. The van der Waals surface area contributed by atoms with Crippen molar-refractivity contribution in [3.63, 3.8) is 0 Å². The zero-order chi connectivity index (χ0) is 12.5. The second-order valence-electron chi connectivity index (χ2n) is 4.05. The van der Waals surface area contributed by atoms with Crippen LogP contribution in [0.25, 0.3) is 5.52 Å². The quantitative estimate of drug-likeness (QED) is 0.707. The fraction of sp³-hybridized carbons (Fsp3) is 0.0769. The van der Waals surface area contributed by atoms with Crippen LogP contribution in [0, 0.1) is 6.92 Å². The molecule has 5 heteroatoms. The number of nitrogens with zero attached hydrogens (tertiary/aromatic N) is 3. The number of rotatable bonds is 2. The van der Waals surface area contributed by atoms with Crippen molar-refractivity contribution in [2.75, 3.05) is 0 Å². The molecule has 1 aromatic carbocycles. The van der Waals surface area contributed by atoms with Gasteiger partial charge < -0.3 is 0 Å². The van der Waals surface area contributed by atoms with Gasteiger partial charge in [0, 0.05) is 16.0 Å². The fourth-order valence-electron chi connectivity index (χ4n) is 1.72. The lowest BCUT2D eigenvalue weighted by atomic mass is 10.2. The van der Waals surface area contributed by atoms with Crippen LogP contribution in [0.4, 0.5) is 0 Å². The number of hydrogen-bond acceptors (Lipinski definition) is 3. The minimum absolute atomic E-state index is 0.758. The highest BCUT2D eigenvalue weighted by atomic mass is 32.2. The highest BCUT2D eigenvalue weighted by molar-refractivity contribution is 7.85. The maximum atomic E-state index is 12.4. The van der Waals surface area contributed by atoms with E-state index in [0.717, 1.165) is 20.9 Å². The molecule has 2 aromatic heterocycles. The minimum Gasteiger partial charge on any atom is -0.249 e. The van der Waals surface area contributed by atoms with Crippen LogP contribution >= 0.6 is 0 Å². The zero-order valence-electron chi connectivity index (χ0n) is 9.78. The van der Waals surface area contributed by atoms with E-state index in [2.05, 4.69) is 10.3 Å². The molecule has 2 heterocycles. The van der Waals surface area contributed by atoms with Crippen LogP contribution in [0.1, 0.15) is 5.56 Å². The van der Waals surface area contributed by atoms with Gasteiger partial charge in [-0.1, -0.05) is 22.9 Å². The molecule has 3 rings (SSSR count). The number of benzene rings is 1. The number of aromatic nitrogens is 3. The predicted molar refractivity (Wildman–Crippen MR) is 68.8 cm³/mol. The topological polar surface area (TPSA) is 47.3 Å². The van der Waals surface area contributed by atoms with Gasteiger partial charge in [-0.2, -0.15) is 0 Å². The van der Waals surface area contributed by atoms with Gasteiger partial charge >= 0.3 is 0 Å². The molecule has 0 saturated carbocycles. The lowest BCUT2D eigenvalue weighted by molar-refractivity contribution is 0.683. The van der Waals surface area contributed by atoms with Gasteiger partial charge in [-0.05, 0) is 31.2 Å². The summed E-state index contributed by atoms with van der Waals surface area (Å²) in [4.78, 5) is 1.56. The number of aryl methyl sites for hydroxylation is 1. The van der Waals surface area contributed by atoms with Crippen molar-refractivity contribution in [2.45, 2.75) is 16.7 Å². The minimum atomic E-state index is -1.16. The maximum absolute atomic E-state index is 12.4. The van der Waals surface area contributed by atoms with Crippen LogP contribution in [-0.4, -0.2) is 19.0 Å². The molecule has 0 spiro atoms. The molecule has 1 atom stereocenters. The van der Waals surface area contributed by atoms with Gasteiger partial charge in [-0.15, -0.1) is 5.10 Å². The number of fused-ring (bicyclic) bond motifs is 1. The van der Waals surface area contributed by atoms with Crippen LogP contribution < -0.4 is 0 Å². The standard InChI is InChI=1S/C13H11N3OS/c1-10-2-4-12(5-3-10)18(17)13-6-7-16-11(8-13)9-14-15-16/h2-9H,1H3. The lowest BCUT2D eigenvalue weighted by Crippen LogP contribution is -1.95. The summed E-state index contributed by atoms with van der Waals surface area (Å²) in [6, 6.07) is 11.4. The predicted octanol–water partition coefficient (Wildman–Crippen LogP) is 2.20. The van der Waals surface area contributed by atoms with E-state index in [1.807, 2.05) is 37.3 Å². The smallest absolute Gasteiger partial charge is 0.0877 e. The van der Waals surface area contributed by atoms with E-state index < -0.39 is 10.8 Å². The Bertz CT molecular complexity index is 718. The Morgan fingerprint density at radius 1 is 1.11 bits per heavy atom. The molecule has 18 heavy (non-hydrogen) atoms. The number of pyridine rings is 1. The van der Waals surface area contributed by atoms with E-state index in [0.29, 0.717) is 0 Å². The average Bonchev–Trinajstić information content (AvgIpc) is 2.86. The first-order valence-electron chi connectivity index (χ1n) is 5.52. The summed E-state index contributed by atoms with van der Waals surface area (Å²) < 4.78 is 14.0. The van der Waals surface area contributed by atoms with Crippen molar-refractivity contribution in [1.82, 2.24) is 14.8 Å². The second kappa shape index (κ2) is 4.34. The van der Waals surface area contributed by atoms with Crippen LogP contribution in [0.3, 0.4) is 0 Å². The summed E-state index contributed by atoms with van der Waals surface area (Å²) in [5.74, 6) is 0. The molecular formula is C13H11N3OS. The first kappa shape index (κ1) is 11.1. The Morgan fingerprint density at radius 2 is 1.89 bits per heavy atom. The molecular weight excluding hydrogens is 246 g/mol. The van der Waals surface area contributed by atoms with E-state index in [9.17, 15) is 4.21 Å².